The molecule has 0 atom stereocenters. The molecule has 0 aliphatic heterocycles. The Kier molecular flexibility index (Phi) is 5.54. The van der Waals surface area contributed by atoms with Crippen molar-refractivity contribution in [2.24, 2.45) is 0 Å². The third kappa shape index (κ3) is 4.89. The number of anilines is 1. The van der Waals surface area contributed by atoms with Crippen molar-refractivity contribution in [3.8, 4) is 0 Å². The van der Waals surface area contributed by atoms with Crippen molar-refractivity contribution < 1.29 is 55.8 Å². The van der Waals surface area contributed by atoms with E-state index in [1.807, 2.05) is 0 Å². The average Bonchev–Trinajstić information content (AvgIpc) is 2.62. The molecule has 1 N–H and O–H groups in total. The van der Waals surface area contributed by atoms with E-state index in [9.17, 15) is 53.0 Å². The highest BCUT2D eigenvalue weighted by molar-refractivity contribution is 7.92. The van der Waals surface area contributed by atoms with Gasteiger partial charge in [0.2, 0.25) is 0 Å². The predicted octanol–water partition coefficient (Wildman–Crippen LogP) is 4.76. The molecule has 0 radical (unpaired) electrons. The van der Waals surface area contributed by atoms with Gasteiger partial charge in [0.05, 0.1) is 13.3 Å². The van der Waals surface area contributed by atoms with Gasteiger partial charge in [0, 0.05) is 5.56 Å². The van der Waals surface area contributed by atoms with E-state index in [4.69, 9.17) is 2.74 Å². The van der Waals surface area contributed by atoms with Crippen LogP contribution >= 0.6 is 0 Å². The number of benzene rings is 2. The second-order valence-electron chi connectivity index (χ2n) is 6.03. The third-order valence-electron chi connectivity index (χ3n) is 3.91. The molecule has 31 heavy (non-hydrogen) atoms. The number of sulfonamides is 1. The molecule has 0 fully saturated rings. The Morgan fingerprint density at radius 3 is 1.81 bits per heavy atom. The van der Waals surface area contributed by atoms with E-state index >= 15 is 0 Å². The summed E-state index contributed by atoms with van der Waals surface area (Å²) >= 11 is 0. The minimum atomic E-state index is -6.26. The van der Waals surface area contributed by atoms with Gasteiger partial charge in [0.1, 0.15) is 6.54 Å². The molecule has 2 aromatic rings. The number of aliphatic hydroxyl groups is 1. The van der Waals surface area contributed by atoms with Gasteiger partial charge in [-0.05, 0) is 24.2 Å². The lowest BCUT2D eigenvalue weighted by atomic mass is 9.92. The molecule has 0 aromatic heterocycles. The Balaban J connectivity index is 2.66. The highest BCUT2D eigenvalue weighted by Crippen LogP contribution is 2.50. The summed E-state index contributed by atoms with van der Waals surface area (Å²) in [5.41, 5.74) is -8.17. The summed E-state index contributed by atoms with van der Waals surface area (Å²) < 4.78 is 157. The van der Waals surface area contributed by atoms with Crippen LogP contribution in [0.2, 0.25) is 0 Å². The Labute approximate surface area is 172 Å². The molecule has 4 nitrogen and oxygen atoms in total. The zero-order valence-corrected chi connectivity index (χ0v) is 15.6. The van der Waals surface area contributed by atoms with Gasteiger partial charge in [-0.1, -0.05) is 30.3 Å². The van der Waals surface area contributed by atoms with Crippen LogP contribution in [0.15, 0.2) is 59.4 Å². The molecular formula is C17H12F9NO3S. The molecule has 0 saturated carbocycles. The van der Waals surface area contributed by atoms with Crippen LogP contribution in [0.25, 0.3) is 0 Å². The molecule has 0 aliphatic carbocycles. The fraction of sp³-hybridized carbons (Fsp3) is 0.294. The zero-order chi connectivity index (χ0) is 25.6. The molecule has 0 amide bonds. The number of rotatable bonds is 5. The average molecular weight is 485 g/mol. The summed E-state index contributed by atoms with van der Waals surface area (Å²) in [7, 11) is -5.20. The van der Waals surface area contributed by atoms with Crippen molar-refractivity contribution in [3.05, 3.63) is 60.1 Å². The van der Waals surface area contributed by atoms with E-state index in [-0.39, 0.29) is 34.6 Å². The maximum Gasteiger partial charge on any atom is 0.430 e. The van der Waals surface area contributed by atoms with E-state index in [1.54, 1.807) is 0 Å². The van der Waals surface area contributed by atoms with E-state index in [0.29, 0.717) is 12.1 Å². The highest BCUT2D eigenvalue weighted by atomic mass is 32.2. The smallest absolute Gasteiger partial charge is 0.369 e. The topological polar surface area (TPSA) is 57.6 Å². The summed E-state index contributed by atoms with van der Waals surface area (Å²) in [6, 6.07) is 1.44. The summed E-state index contributed by atoms with van der Waals surface area (Å²) in [4.78, 5) is -0.992. The molecule has 0 heterocycles. The molecule has 0 unspecified atom stereocenters. The van der Waals surface area contributed by atoms with Crippen molar-refractivity contribution in [3.63, 3.8) is 0 Å². The minimum absolute atomic E-state index is 0.0102. The van der Waals surface area contributed by atoms with E-state index in [0.717, 1.165) is 6.07 Å². The van der Waals surface area contributed by atoms with Crippen molar-refractivity contribution in [2.45, 2.75) is 29.0 Å². The Morgan fingerprint density at radius 2 is 1.39 bits per heavy atom. The van der Waals surface area contributed by atoms with Gasteiger partial charge >= 0.3 is 18.5 Å². The number of nitrogens with zero attached hydrogens (tertiary/aromatic N) is 1. The Bertz CT molecular complexity index is 1100. The Morgan fingerprint density at radius 1 is 0.871 bits per heavy atom. The number of hydrogen-bond acceptors (Lipinski definition) is 3. The second-order valence-corrected chi connectivity index (χ2v) is 7.86. The molecule has 2 aromatic carbocycles. The van der Waals surface area contributed by atoms with Gasteiger partial charge in [-0.25, -0.2) is 8.42 Å². The second kappa shape index (κ2) is 7.89. The molecule has 2 rings (SSSR count). The van der Waals surface area contributed by atoms with Gasteiger partial charge in [-0.3, -0.25) is 4.31 Å². The number of alkyl halides is 9. The lowest BCUT2D eigenvalue weighted by molar-refractivity contribution is -0.376. The third-order valence-corrected chi connectivity index (χ3v) is 5.64. The quantitative estimate of drug-likeness (QED) is 0.622. The van der Waals surface area contributed by atoms with Crippen LogP contribution in [0.3, 0.4) is 0 Å². The first-order valence-corrected chi connectivity index (χ1v) is 9.29. The largest absolute Gasteiger partial charge is 0.430 e. The van der Waals surface area contributed by atoms with Crippen molar-refractivity contribution in [1.82, 2.24) is 0 Å². The van der Waals surface area contributed by atoms with Crippen molar-refractivity contribution in [1.29, 1.82) is 0 Å². The molecule has 0 aliphatic rings. The van der Waals surface area contributed by atoms with E-state index < -0.39 is 62.9 Å². The van der Waals surface area contributed by atoms with Gasteiger partial charge in [0.15, 0.2) is 0 Å². The minimum Gasteiger partial charge on any atom is -0.369 e. The SMILES string of the molecule is [3H]c1ccc(S(=O)(=O)N(CC(F)(F)F)c2ccc(C(O)(C(F)(F)F)C(F)(F)F)cc2)c([3H])c1. The molecule has 0 spiro atoms. The fourth-order valence-corrected chi connectivity index (χ4v) is 3.85. The molecule has 172 valence electrons. The molecule has 0 bridgehead atoms. The van der Waals surface area contributed by atoms with Gasteiger partial charge in [0.25, 0.3) is 15.6 Å². The first kappa shape index (κ1) is 21.7. The van der Waals surface area contributed by atoms with Gasteiger partial charge in [-0.2, -0.15) is 39.5 Å². The standard InChI is InChI=1S/C17H12F9NO3S/c18-14(19,20)10-27(31(29,30)13-4-2-1-3-5-13)12-8-6-11(7-9-12)15(28,16(21,22)23)17(24,25)26/h1-9,28H,10H2/i1T,4T. The highest BCUT2D eigenvalue weighted by Gasteiger charge is 2.71. The van der Waals surface area contributed by atoms with Gasteiger partial charge < -0.3 is 5.11 Å². The number of halogens is 9. The summed E-state index contributed by atoms with van der Waals surface area (Å²) in [6.07, 6.45) is -17.7. The lowest BCUT2D eigenvalue weighted by Crippen LogP contribution is -2.53. The van der Waals surface area contributed by atoms with Crippen LogP contribution in [0.4, 0.5) is 45.2 Å². The van der Waals surface area contributed by atoms with Crippen LogP contribution in [-0.2, 0) is 15.6 Å². The van der Waals surface area contributed by atoms with Gasteiger partial charge in [-0.15, -0.1) is 0 Å². The van der Waals surface area contributed by atoms with Crippen LogP contribution in [0, 0.1) is 0 Å². The molecule has 14 heteroatoms. The summed E-state index contributed by atoms with van der Waals surface area (Å²) in [5, 5.41) is 9.37. The zero-order valence-electron chi connectivity index (χ0n) is 16.8. The van der Waals surface area contributed by atoms with E-state index in [2.05, 4.69) is 0 Å². The maximum absolute atomic E-state index is 13.1. The Hall–Kier alpha value is -2.48. The summed E-state index contributed by atoms with van der Waals surface area (Å²) in [6.45, 7) is -2.24. The van der Waals surface area contributed by atoms with Crippen molar-refractivity contribution in [2.75, 3.05) is 10.8 Å². The predicted molar refractivity (Wildman–Crippen MR) is 89.5 cm³/mol. The lowest BCUT2D eigenvalue weighted by Gasteiger charge is -2.33. The summed E-state index contributed by atoms with van der Waals surface area (Å²) in [5.74, 6) is 0. The monoisotopic (exact) mass is 485 g/mol. The van der Waals surface area contributed by atoms with Crippen LogP contribution in [0.1, 0.15) is 8.30 Å². The number of hydrogen-bond donors (Lipinski definition) is 1. The first-order chi connectivity index (χ1) is 14.7. The van der Waals surface area contributed by atoms with Crippen molar-refractivity contribution >= 4 is 15.7 Å². The molecule has 0 saturated heterocycles. The first-order valence-electron chi connectivity index (χ1n) is 8.85. The molecular weight excluding hydrogens is 469 g/mol. The van der Waals surface area contributed by atoms with Crippen LogP contribution in [-0.4, -0.2) is 38.6 Å². The van der Waals surface area contributed by atoms with E-state index in [1.165, 1.54) is 0 Å². The van der Waals surface area contributed by atoms with Crippen LogP contribution < -0.4 is 4.31 Å². The maximum atomic E-state index is 13.1. The fourth-order valence-electron chi connectivity index (χ4n) is 2.45. The van der Waals surface area contributed by atoms with Crippen LogP contribution in [0.5, 0.6) is 0 Å². The normalized spacial score (nSPS) is 14.8.